The van der Waals surface area contributed by atoms with E-state index in [1.54, 1.807) is 0 Å². The number of hydrogen-bond donors (Lipinski definition) is 2. The topological polar surface area (TPSA) is 55.5 Å². The maximum absolute atomic E-state index is 9.16. The Morgan fingerprint density at radius 3 is 2.50 bits per heavy atom. The average Bonchev–Trinajstić information content (AvgIpc) is 2.46. The Hall–Kier alpha value is -1.55. The van der Waals surface area contributed by atoms with Crippen molar-refractivity contribution in [1.82, 2.24) is 0 Å². The Labute approximate surface area is 123 Å². The molecule has 20 heavy (non-hydrogen) atoms. The summed E-state index contributed by atoms with van der Waals surface area (Å²) in [6, 6.07) is 14.6. The number of aliphatic hydroxyl groups is 1. The number of benzene rings is 2. The van der Waals surface area contributed by atoms with Crippen LogP contribution < -0.4 is 10.5 Å². The molecule has 0 heterocycles. The van der Waals surface area contributed by atoms with Crippen LogP contribution in [-0.2, 0) is 6.61 Å². The van der Waals surface area contributed by atoms with Crippen LogP contribution in [0.4, 0.5) is 0 Å². The fourth-order valence-corrected chi connectivity index (χ4v) is 2.12. The zero-order chi connectivity index (χ0) is 14.5. The fraction of sp³-hybridized carbons (Fsp3) is 0.250. The largest absolute Gasteiger partial charge is 0.484 e. The van der Waals surface area contributed by atoms with Crippen molar-refractivity contribution in [2.45, 2.75) is 25.7 Å². The van der Waals surface area contributed by atoms with Crippen molar-refractivity contribution in [2.24, 2.45) is 5.73 Å². The molecule has 0 spiro atoms. The monoisotopic (exact) mass is 291 g/mol. The summed E-state index contributed by atoms with van der Waals surface area (Å²) < 4.78 is 5.97. The number of aliphatic hydroxyl groups excluding tert-OH is 1. The van der Waals surface area contributed by atoms with Crippen LogP contribution in [0, 0.1) is 0 Å². The van der Waals surface area contributed by atoms with Crippen molar-refractivity contribution in [1.29, 1.82) is 0 Å². The molecule has 0 saturated carbocycles. The molecule has 2 rings (SSSR count). The molecule has 0 aliphatic heterocycles. The van der Waals surface area contributed by atoms with Gasteiger partial charge < -0.3 is 15.6 Å². The first kappa shape index (κ1) is 14.9. The van der Waals surface area contributed by atoms with E-state index < -0.39 is 0 Å². The van der Waals surface area contributed by atoms with Crippen LogP contribution in [0.3, 0.4) is 0 Å². The van der Waals surface area contributed by atoms with Gasteiger partial charge >= 0.3 is 0 Å². The maximum atomic E-state index is 9.16. The number of ether oxygens (including phenoxy) is 1. The highest BCUT2D eigenvalue weighted by Gasteiger charge is 2.18. The summed E-state index contributed by atoms with van der Waals surface area (Å²) in [4.78, 5) is 0. The quantitative estimate of drug-likeness (QED) is 0.889. The van der Waals surface area contributed by atoms with Gasteiger partial charge in [-0.15, -0.1) is 0 Å². The highest BCUT2D eigenvalue weighted by molar-refractivity contribution is 6.30. The molecular weight excluding hydrogens is 274 g/mol. The third kappa shape index (κ3) is 3.73. The minimum atomic E-state index is -0.263. The van der Waals surface area contributed by atoms with Gasteiger partial charge in [0.1, 0.15) is 11.9 Å². The fourth-order valence-electron chi connectivity index (χ4n) is 2.00. The molecular formula is C16H18ClNO2. The van der Waals surface area contributed by atoms with Crippen LogP contribution in [0.25, 0.3) is 0 Å². The van der Waals surface area contributed by atoms with Crippen LogP contribution in [0.5, 0.6) is 5.75 Å². The van der Waals surface area contributed by atoms with Crippen LogP contribution in [0.1, 0.15) is 24.2 Å². The zero-order valence-corrected chi connectivity index (χ0v) is 12.0. The molecule has 2 atom stereocenters. The van der Waals surface area contributed by atoms with E-state index in [2.05, 4.69) is 0 Å². The van der Waals surface area contributed by atoms with Crippen molar-refractivity contribution in [3.63, 3.8) is 0 Å². The molecule has 2 aromatic carbocycles. The van der Waals surface area contributed by atoms with Crippen LogP contribution in [-0.4, -0.2) is 11.1 Å². The van der Waals surface area contributed by atoms with Crippen LogP contribution in [0.15, 0.2) is 48.5 Å². The number of hydrogen-bond acceptors (Lipinski definition) is 3. The second-order valence-corrected chi connectivity index (χ2v) is 5.19. The summed E-state index contributed by atoms with van der Waals surface area (Å²) in [7, 11) is 0. The van der Waals surface area contributed by atoms with Gasteiger partial charge in [0.05, 0.1) is 6.61 Å². The van der Waals surface area contributed by atoms with Gasteiger partial charge in [-0.05, 0) is 42.3 Å². The van der Waals surface area contributed by atoms with Crippen molar-refractivity contribution in [2.75, 3.05) is 0 Å². The van der Waals surface area contributed by atoms with Gasteiger partial charge in [0.25, 0.3) is 0 Å². The lowest BCUT2D eigenvalue weighted by Gasteiger charge is -2.23. The zero-order valence-electron chi connectivity index (χ0n) is 11.3. The minimum Gasteiger partial charge on any atom is -0.484 e. The summed E-state index contributed by atoms with van der Waals surface area (Å²) in [5, 5.41) is 9.84. The van der Waals surface area contributed by atoms with Crippen LogP contribution in [0.2, 0.25) is 5.02 Å². The molecule has 0 saturated heterocycles. The third-order valence-electron chi connectivity index (χ3n) is 3.02. The molecule has 0 aliphatic carbocycles. The van der Waals surface area contributed by atoms with E-state index in [1.807, 2.05) is 55.5 Å². The van der Waals surface area contributed by atoms with E-state index in [1.165, 1.54) is 0 Å². The second kappa shape index (κ2) is 6.75. The van der Waals surface area contributed by atoms with E-state index >= 15 is 0 Å². The highest BCUT2D eigenvalue weighted by Crippen LogP contribution is 2.26. The predicted molar refractivity (Wildman–Crippen MR) is 80.8 cm³/mol. The first-order chi connectivity index (χ1) is 9.60. The molecule has 0 amide bonds. The van der Waals surface area contributed by atoms with Crippen LogP contribution >= 0.6 is 11.6 Å². The standard InChI is InChI=1S/C16H18ClNO2/c1-11(18)16(13-5-7-14(17)8-6-13)20-15-4-2-3-12(9-15)10-19/h2-9,11,16,19H,10,18H2,1H3. The lowest BCUT2D eigenvalue weighted by atomic mass is 10.0. The number of rotatable bonds is 5. The average molecular weight is 292 g/mol. The Morgan fingerprint density at radius 2 is 1.90 bits per heavy atom. The summed E-state index contributed by atoms with van der Waals surface area (Å²) in [6.45, 7) is 1.89. The molecule has 2 aromatic rings. The van der Waals surface area contributed by atoms with E-state index in [0.717, 1.165) is 11.1 Å². The minimum absolute atomic E-state index is 0.0129. The van der Waals surface area contributed by atoms with Gasteiger partial charge in [0, 0.05) is 11.1 Å². The molecule has 0 aromatic heterocycles. The number of nitrogens with two attached hydrogens (primary N) is 1. The van der Waals surface area contributed by atoms with Gasteiger partial charge in [-0.2, -0.15) is 0 Å². The Balaban J connectivity index is 2.23. The molecule has 4 heteroatoms. The summed E-state index contributed by atoms with van der Waals surface area (Å²) in [5.41, 5.74) is 7.80. The summed E-state index contributed by atoms with van der Waals surface area (Å²) in [5.74, 6) is 0.689. The number of halogens is 1. The van der Waals surface area contributed by atoms with Crippen molar-refractivity contribution >= 4 is 11.6 Å². The van der Waals surface area contributed by atoms with Gasteiger partial charge in [0.2, 0.25) is 0 Å². The Kier molecular flexibility index (Phi) is 5.01. The highest BCUT2D eigenvalue weighted by atomic mass is 35.5. The van der Waals surface area contributed by atoms with E-state index in [0.29, 0.717) is 10.8 Å². The molecule has 3 N–H and O–H groups in total. The molecule has 0 bridgehead atoms. The van der Waals surface area contributed by atoms with Crippen molar-refractivity contribution in [3.05, 3.63) is 64.7 Å². The molecule has 3 nitrogen and oxygen atoms in total. The predicted octanol–water partition coefficient (Wildman–Crippen LogP) is 3.30. The lowest BCUT2D eigenvalue weighted by Crippen LogP contribution is -2.29. The molecule has 0 fully saturated rings. The molecule has 0 aliphatic rings. The molecule has 0 radical (unpaired) electrons. The third-order valence-corrected chi connectivity index (χ3v) is 3.27. The summed E-state index contributed by atoms with van der Waals surface area (Å²) >= 11 is 5.90. The smallest absolute Gasteiger partial charge is 0.138 e. The van der Waals surface area contributed by atoms with Crippen molar-refractivity contribution in [3.8, 4) is 5.75 Å². The Morgan fingerprint density at radius 1 is 1.20 bits per heavy atom. The SMILES string of the molecule is CC(N)C(Oc1cccc(CO)c1)c1ccc(Cl)cc1. The lowest BCUT2D eigenvalue weighted by molar-refractivity contribution is 0.180. The van der Waals surface area contributed by atoms with E-state index in [4.69, 9.17) is 27.2 Å². The van der Waals surface area contributed by atoms with E-state index in [-0.39, 0.29) is 18.8 Å². The van der Waals surface area contributed by atoms with Gasteiger partial charge in [-0.1, -0.05) is 35.9 Å². The van der Waals surface area contributed by atoms with Crippen molar-refractivity contribution < 1.29 is 9.84 Å². The summed E-state index contributed by atoms with van der Waals surface area (Å²) in [6.07, 6.45) is -0.263. The van der Waals surface area contributed by atoms with E-state index in [9.17, 15) is 0 Å². The normalized spacial score (nSPS) is 13.8. The second-order valence-electron chi connectivity index (χ2n) is 4.75. The van der Waals surface area contributed by atoms with Gasteiger partial charge in [-0.25, -0.2) is 0 Å². The molecule has 2 unspecified atom stereocenters. The Bertz CT molecular complexity index is 555. The first-order valence-corrected chi connectivity index (χ1v) is 6.85. The van der Waals surface area contributed by atoms with Gasteiger partial charge in [-0.3, -0.25) is 0 Å². The first-order valence-electron chi connectivity index (χ1n) is 6.47. The molecule has 106 valence electrons. The van der Waals surface area contributed by atoms with Gasteiger partial charge in [0.15, 0.2) is 0 Å². The maximum Gasteiger partial charge on any atom is 0.138 e.